The number of carbonyl (C=O) groups excluding carboxylic acids is 2. The lowest BCUT2D eigenvalue weighted by molar-refractivity contribution is -0.113. The molecule has 0 bridgehead atoms. The lowest BCUT2D eigenvalue weighted by atomic mass is 10.1. The van der Waals surface area contributed by atoms with Crippen molar-refractivity contribution in [3.63, 3.8) is 0 Å². The number of nitrogens with zero attached hydrogens (tertiary/aromatic N) is 1. The van der Waals surface area contributed by atoms with E-state index in [1.54, 1.807) is 23.7 Å². The third-order valence-electron chi connectivity index (χ3n) is 2.25. The van der Waals surface area contributed by atoms with Gasteiger partial charge in [-0.3, -0.25) is 9.59 Å². The second kappa shape index (κ2) is 6.27. The number of hydrogen-bond donors (Lipinski definition) is 1. The van der Waals surface area contributed by atoms with Gasteiger partial charge in [0, 0.05) is 16.6 Å². The van der Waals surface area contributed by atoms with Crippen molar-refractivity contribution >= 4 is 56.2 Å². The Labute approximate surface area is 126 Å². The summed E-state index contributed by atoms with van der Waals surface area (Å²) >= 11 is 10.2. The number of halogens is 2. The predicted molar refractivity (Wildman–Crippen MR) is 79.4 cm³/mol. The minimum absolute atomic E-state index is 0.153. The minimum Gasteiger partial charge on any atom is -0.325 e. The quantitative estimate of drug-likeness (QED) is 0.672. The molecule has 1 N–H and O–H groups in total. The fourth-order valence-electron chi connectivity index (χ4n) is 1.45. The summed E-state index contributed by atoms with van der Waals surface area (Å²) in [4.78, 5) is 27.7. The van der Waals surface area contributed by atoms with Crippen LogP contribution in [-0.2, 0) is 4.79 Å². The Balaban J connectivity index is 2.40. The average molecular weight is 360 g/mol. The summed E-state index contributed by atoms with van der Waals surface area (Å²) in [6.07, 6.45) is 1.55. The van der Waals surface area contributed by atoms with Gasteiger partial charge in [0.2, 0.25) is 11.7 Å². The number of carbonyl (C=O) groups is 2. The average Bonchev–Trinajstić information content (AvgIpc) is 2.93. The molecule has 0 saturated heterocycles. The number of aromatic nitrogens is 1. The van der Waals surface area contributed by atoms with Gasteiger partial charge in [-0.05, 0) is 18.2 Å². The molecule has 19 heavy (non-hydrogen) atoms. The predicted octanol–water partition coefficient (Wildman–Crippen LogP) is 3.36. The molecule has 0 unspecified atom stereocenters. The summed E-state index contributed by atoms with van der Waals surface area (Å²) < 4.78 is 0. The Kier molecular flexibility index (Phi) is 4.68. The molecule has 7 heteroatoms. The molecular formula is C12H8BrClN2O2S. The van der Waals surface area contributed by atoms with Crippen LogP contribution in [0.25, 0.3) is 0 Å². The largest absolute Gasteiger partial charge is 0.325 e. The van der Waals surface area contributed by atoms with E-state index in [1.807, 2.05) is 0 Å². The molecule has 1 amide bonds. The molecule has 0 radical (unpaired) electrons. The lowest BCUT2D eigenvalue weighted by Crippen LogP contribution is -2.15. The maximum absolute atomic E-state index is 12.3. The first kappa shape index (κ1) is 14.2. The van der Waals surface area contributed by atoms with Gasteiger partial charge in [0.1, 0.15) is 0 Å². The molecule has 0 aliphatic carbocycles. The number of anilines is 1. The van der Waals surface area contributed by atoms with Crippen molar-refractivity contribution in [3.8, 4) is 0 Å². The molecule has 1 aromatic heterocycles. The van der Waals surface area contributed by atoms with E-state index in [-0.39, 0.29) is 17.0 Å². The van der Waals surface area contributed by atoms with E-state index < -0.39 is 0 Å². The fourth-order valence-corrected chi connectivity index (χ4v) is 2.35. The second-order valence-electron chi connectivity index (χ2n) is 3.54. The Morgan fingerprint density at radius 3 is 2.84 bits per heavy atom. The van der Waals surface area contributed by atoms with Crippen LogP contribution >= 0.6 is 38.9 Å². The van der Waals surface area contributed by atoms with E-state index in [0.29, 0.717) is 21.3 Å². The Bertz CT molecular complexity index is 616. The van der Waals surface area contributed by atoms with Gasteiger partial charge >= 0.3 is 0 Å². The van der Waals surface area contributed by atoms with Gasteiger partial charge in [0.15, 0.2) is 5.01 Å². The van der Waals surface area contributed by atoms with E-state index in [9.17, 15) is 9.59 Å². The molecule has 4 nitrogen and oxygen atoms in total. The van der Waals surface area contributed by atoms with Crippen molar-refractivity contribution in [2.75, 3.05) is 10.6 Å². The molecule has 0 atom stereocenters. The van der Waals surface area contributed by atoms with Gasteiger partial charge in [0.05, 0.1) is 16.6 Å². The molecule has 0 fully saturated rings. The van der Waals surface area contributed by atoms with E-state index in [4.69, 9.17) is 11.6 Å². The van der Waals surface area contributed by atoms with Crippen molar-refractivity contribution in [1.82, 2.24) is 4.98 Å². The maximum Gasteiger partial charge on any atom is 0.235 e. The van der Waals surface area contributed by atoms with Gasteiger partial charge in [-0.2, -0.15) is 0 Å². The van der Waals surface area contributed by atoms with E-state index in [0.717, 1.165) is 0 Å². The Morgan fingerprint density at radius 2 is 2.21 bits per heavy atom. The summed E-state index contributed by atoms with van der Waals surface area (Å²) in [7, 11) is 0. The van der Waals surface area contributed by atoms with Crippen molar-refractivity contribution in [3.05, 3.63) is 45.4 Å². The van der Waals surface area contributed by atoms with Crippen molar-refractivity contribution in [1.29, 1.82) is 0 Å². The van der Waals surface area contributed by atoms with Crippen LogP contribution in [0.3, 0.4) is 0 Å². The van der Waals surface area contributed by atoms with Crippen LogP contribution in [0.1, 0.15) is 15.4 Å². The minimum atomic E-state index is -0.262. The zero-order chi connectivity index (χ0) is 13.8. The highest BCUT2D eigenvalue weighted by Crippen LogP contribution is 2.24. The molecule has 0 aliphatic heterocycles. The number of alkyl halides is 1. The van der Waals surface area contributed by atoms with Crippen molar-refractivity contribution in [2.45, 2.75) is 0 Å². The molecule has 1 heterocycles. The van der Waals surface area contributed by atoms with E-state index >= 15 is 0 Å². The molecule has 2 rings (SSSR count). The molecule has 0 saturated carbocycles. The van der Waals surface area contributed by atoms with Gasteiger partial charge in [0.25, 0.3) is 0 Å². The Morgan fingerprint density at radius 1 is 1.42 bits per heavy atom. The first-order valence-electron chi connectivity index (χ1n) is 5.21. The molecule has 0 spiro atoms. The summed E-state index contributed by atoms with van der Waals surface area (Å²) in [5.74, 6) is -0.502. The number of nitrogens with one attached hydrogen (secondary N) is 1. The van der Waals surface area contributed by atoms with Crippen LogP contribution in [0.15, 0.2) is 29.8 Å². The molecule has 2 aromatic rings. The summed E-state index contributed by atoms with van der Waals surface area (Å²) in [6, 6.07) is 4.74. The summed E-state index contributed by atoms with van der Waals surface area (Å²) in [5.41, 5.74) is 0.755. The number of hydrogen-bond acceptors (Lipinski definition) is 4. The van der Waals surface area contributed by atoms with Crippen LogP contribution in [0.2, 0.25) is 5.02 Å². The zero-order valence-electron chi connectivity index (χ0n) is 9.52. The lowest BCUT2D eigenvalue weighted by Gasteiger charge is -2.09. The maximum atomic E-state index is 12.3. The number of thiazole rings is 1. The van der Waals surface area contributed by atoms with Gasteiger partial charge in [-0.1, -0.05) is 27.5 Å². The molecule has 0 aliphatic rings. The smallest absolute Gasteiger partial charge is 0.235 e. The standard InChI is InChI=1S/C12H8BrClN2O2S/c13-6-10(17)16-9-2-1-7(14)5-8(9)11(18)12-15-3-4-19-12/h1-5H,6H2,(H,16,17). The molecule has 1 aromatic carbocycles. The Hall–Kier alpha value is -1.24. The molecule has 98 valence electrons. The van der Waals surface area contributed by atoms with Crippen LogP contribution < -0.4 is 5.32 Å². The topological polar surface area (TPSA) is 59.1 Å². The normalized spacial score (nSPS) is 10.2. The van der Waals surface area contributed by atoms with Gasteiger partial charge < -0.3 is 5.32 Å². The second-order valence-corrected chi connectivity index (χ2v) is 5.43. The number of benzene rings is 1. The fraction of sp³-hybridized carbons (Fsp3) is 0.0833. The highest BCUT2D eigenvalue weighted by molar-refractivity contribution is 9.09. The number of ketones is 1. The van der Waals surface area contributed by atoms with Gasteiger partial charge in [-0.15, -0.1) is 11.3 Å². The molecular weight excluding hydrogens is 352 g/mol. The highest BCUT2D eigenvalue weighted by atomic mass is 79.9. The first-order chi connectivity index (χ1) is 9.11. The SMILES string of the molecule is O=C(CBr)Nc1ccc(Cl)cc1C(=O)c1nccs1. The van der Waals surface area contributed by atoms with Crippen LogP contribution in [0.4, 0.5) is 5.69 Å². The summed E-state index contributed by atoms with van der Waals surface area (Å²) in [6.45, 7) is 0. The zero-order valence-corrected chi connectivity index (χ0v) is 12.7. The third-order valence-corrected chi connectivity index (χ3v) is 3.76. The van der Waals surface area contributed by atoms with Crippen molar-refractivity contribution < 1.29 is 9.59 Å². The van der Waals surface area contributed by atoms with Gasteiger partial charge in [-0.25, -0.2) is 4.98 Å². The number of rotatable bonds is 4. The van der Waals surface area contributed by atoms with Crippen LogP contribution in [0, 0.1) is 0 Å². The first-order valence-corrected chi connectivity index (χ1v) is 7.59. The monoisotopic (exact) mass is 358 g/mol. The van der Waals surface area contributed by atoms with Crippen LogP contribution in [-0.4, -0.2) is 22.0 Å². The van der Waals surface area contributed by atoms with Crippen LogP contribution in [0.5, 0.6) is 0 Å². The summed E-state index contributed by atoms with van der Waals surface area (Å²) in [5, 5.41) is 5.30. The van der Waals surface area contributed by atoms with E-state index in [1.165, 1.54) is 17.4 Å². The third kappa shape index (κ3) is 3.40. The van der Waals surface area contributed by atoms with Crippen molar-refractivity contribution in [2.24, 2.45) is 0 Å². The van der Waals surface area contributed by atoms with E-state index in [2.05, 4.69) is 26.2 Å². The number of amides is 1. The highest BCUT2D eigenvalue weighted by Gasteiger charge is 2.17.